The maximum absolute atomic E-state index is 10.3. The zero-order chi connectivity index (χ0) is 15.4. The van der Waals surface area contributed by atoms with Gasteiger partial charge in [0.15, 0.2) is 0 Å². The van der Waals surface area contributed by atoms with E-state index in [0.29, 0.717) is 0 Å². The third kappa shape index (κ3) is 3.51. The van der Waals surface area contributed by atoms with E-state index in [0.717, 1.165) is 64.2 Å². The lowest BCUT2D eigenvalue weighted by Gasteiger charge is -2.51. The summed E-state index contributed by atoms with van der Waals surface area (Å²) in [4.78, 5) is 5.05. The summed E-state index contributed by atoms with van der Waals surface area (Å²) in [5, 5.41) is 10.3. The van der Waals surface area contributed by atoms with Gasteiger partial charge in [0.05, 0.1) is 6.10 Å². The van der Waals surface area contributed by atoms with Gasteiger partial charge in [-0.1, -0.05) is 30.3 Å². The highest BCUT2D eigenvalue weighted by Crippen LogP contribution is 2.31. The summed E-state index contributed by atoms with van der Waals surface area (Å²) in [6, 6.07) is 9.99. The van der Waals surface area contributed by atoms with Crippen molar-refractivity contribution in [2.45, 2.75) is 30.9 Å². The molecule has 2 saturated heterocycles. The van der Waals surface area contributed by atoms with E-state index < -0.39 is 0 Å². The number of benzene rings is 1. The molecule has 0 radical (unpaired) electrons. The predicted octanol–water partition coefficient (Wildman–Crippen LogP) is 1.91. The van der Waals surface area contributed by atoms with Gasteiger partial charge < -0.3 is 14.7 Å². The Morgan fingerprint density at radius 1 is 1.18 bits per heavy atom. The smallest absolute Gasteiger partial charge is 0.0802 e. The van der Waals surface area contributed by atoms with Crippen LogP contribution in [0.4, 0.5) is 0 Å². The number of rotatable bonds is 4. The SMILES string of the molecule is CN1CCN(CC[C@H](O)c2ccccc2)CC12CCOCC2. The Kier molecular flexibility index (Phi) is 5.14. The highest BCUT2D eigenvalue weighted by Gasteiger charge is 2.40. The van der Waals surface area contributed by atoms with Crippen molar-refractivity contribution in [3.8, 4) is 0 Å². The molecule has 4 nitrogen and oxygen atoms in total. The van der Waals surface area contributed by atoms with Gasteiger partial charge in [0.2, 0.25) is 0 Å². The Labute approximate surface area is 133 Å². The molecular weight excluding hydrogens is 276 g/mol. The van der Waals surface area contributed by atoms with Crippen LogP contribution in [0.25, 0.3) is 0 Å². The molecular formula is C18H28N2O2. The van der Waals surface area contributed by atoms with Crippen molar-refractivity contribution in [3.63, 3.8) is 0 Å². The molecule has 0 aromatic heterocycles. The molecule has 2 aliphatic heterocycles. The van der Waals surface area contributed by atoms with E-state index in [1.165, 1.54) is 0 Å². The third-order valence-corrected chi connectivity index (χ3v) is 5.41. The van der Waals surface area contributed by atoms with Gasteiger partial charge >= 0.3 is 0 Å². The first-order chi connectivity index (χ1) is 10.7. The minimum absolute atomic E-state index is 0.286. The molecule has 4 heteroatoms. The first-order valence-electron chi connectivity index (χ1n) is 8.44. The summed E-state index contributed by atoms with van der Waals surface area (Å²) in [6.07, 6.45) is 2.70. The Hall–Kier alpha value is -0.940. The number of piperazine rings is 1. The summed E-state index contributed by atoms with van der Waals surface area (Å²) in [5.41, 5.74) is 1.31. The van der Waals surface area contributed by atoms with Gasteiger partial charge in [-0.25, -0.2) is 0 Å². The van der Waals surface area contributed by atoms with Crippen molar-refractivity contribution in [3.05, 3.63) is 35.9 Å². The topological polar surface area (TPSA) is 35.9 Å². The molecule has 1 atom stereocenters. The van der Waals surface area contributed by atoms with Gasteiger partial charge in [0.1, 0.15) is 0 Å². The molecule has 0 unspecified atom stereocenters. The molecule has 122 valence electrons. The standard InChI is InChI=1S/C18H28N2O2/c1-19-11-12-20(15-18(19)8-13-22-14-9-18)10-7-17(21)16-5-3-2-4-6-16/h2-6,17,21H,7-15H2,1H3/t17-/m0/s1. The van der Waals surface area contributed by atoms with Crippen LogP contribution < -0.4 is 0 Å². The Morgan fingerprint density at radius 2 is 1.91 bits per heavy atom. The Morgan fingerprint density at radius 3 is 2.64 bits per heavy atom. The van der Waals surface area contributed by atoms with Gasteiger partial charge in [-0.2, -0.15) is 0 Å². The lowest BCUT2D eigenvalue weighted by atomic mass is 9.86. The summed E-state index contributed by atoms with van der Waals surface area (Å²) >= 11 is 0. The highest BCUT2D eigenvalue weighted by molar-refractivity contribution is 5.17. The van der Waals surface area contributed by atoms with Crippen LogP contribution in [0.5, 0.6) is 0 Å². The van der Waals surface area contributed by atoms with Crippen molar-refractivity contribution in [2.75, 3.05) is 46.4 Å². The molecule has 1 aromatic carbocycles. The van der Waals surface area contributed by atoms with Crippen molar-refractivity contribution >= 4 is 0 Å². The van der Waals surface area contributed by atoms with Gasteiger partial charge in [-0.15, -0.1) is 0 Å². The van der Waals surface area contributed by atoms with Crippen LogP contribution in [0.1, 0.15) is 30.9 Å². The molecule has 0 saturated carbocycles. The lowest BCUT2D eigenvalue weighted by molar-refractivity contribution is -0.0625. The normalized spacial score (nSPS) is 24.5. The lowest BCUT2D eigenvalue weighted by Crippen LogP contribution is -2.62. The highest BCUT2D eigenvalue weighted by atomic mass is 16.5. The maximum Gasteiger partial charge on any atom is 0.0802 e. The van der Waals surface area contributed by atoms with Gasteiger partial charge in [-0.3, -0.25) is 4.90 Å². The van der Waals surface area contributed by atoms with Gasteiger partial charge in [0, 0.05) is 44.9 Å². The summed E-state index contributed by atoms with van der Waals surface area (Å²) in [7, 11) is 2.25. The predicted molar refractivity (Wildman–Crippen MR) is 87.9 cm³/mol. The quantitative estimate of drug-likeness (QED) is 0.922. The molecule has 0 aliphatic carbocycles. The number of aliphatic hydroxyl groups excluding tert-OH is 1. The van der Waals surface area contributed by atoms with E-state index in [1.807, 2.05) is 30.3 Å². The molecule has 0 amide bonds. The monoisotopic (exact) mass is 304 g/mol. The zero-order valence-electron chi connectivity index (χ0n) is 13.6. The molecule has 22 heavy (non-hydrogen) atoms. The largest absolute Gasteiger partial charge is 0.388 e. The van der Waals surface area contributed by atoms with Crippen LogP contribution in [0.2, 0.25) is 0 Å². The number of hydrogen-bond donors (Lipinski definition) is 1. The molecule has 2 aliphatic rings. The zero-order valence-corrected chi connectivity index (χ0v) is 13.6. The van der Waals surface area contributed by atoms with Crippen LogP contribution in [-0.2, 0) is 4.74 Å². The van der Waals surface area contributed by atoms with E-state index in [2.05, 4.69) is 16.8 Å². The second-order valence-electron chi connectivity index (χ2n) is 6.75. The van der Waals surface area contributed by atoms with E-state index in [-0.39, 0.29) is 11.6 Å². The number of ether oxygens (including phenoxy) is 1. The van der Waals surface area contributed by atoms with Crippen LogP contribution in [0.3, 0.4) is 0 Å². The first-order valence-corrected chi connectivity index (χ1v) is 8.44. The van der Waals surface area contributed by atoms with Gasteiger partial charge in [-0.05, 0) is 31.9 Å². The molecule has 1 spiro atoms. The van der Waals surface area contributed by atoms with Crippen molar-refractivity contribution in [1.29, 1.82) is 0 Å². The summed E-state index contributed by atoms with van der Waals surface area (Å²) in [5.74, 6) is 0. The molecule has 2 heterocycles. The summed E-state index contributed by atoms with van der Waals surface area (Å²) in [6.45, 7) is 6.04. The van der Waals surface area contributed by atoms with Crippen molar-refractivity contribution in [1.82, 2.24) is 9.80 Å². The Bertz CT molecular complexity index is 459. The van der Waals surface area contributed by atoms with E-state index in [9.17, 15) is 5.11 Å². The van der Waals surface area contributed by atoms with Crippen LogP contribution in [0.15, 0.2) is 30.3 Å². The second-order valence-corrected chi connectivity index (χ2v) is 6.75. The molecule has 1 aromatic rings. The maximum atomic E-state index is 10.3. The fraction of sp³-hybridized carbons (Fsp3) is 0.667. The molecule has 2 fully saturated rings. The second kappa shape index (κ2) is 7.09. The molecule has 3 rings (SSSR count). The van der Waals surface area contributed by atoms with Crippen LogP contribution in [-0.4, -0.2) is 66.9 Å². The minimum Gasteiger partial charge on any atom is -0.388 e. The van der Waals surface area contributed by atoms with Crippen LogP contribution in [0, 0.1) is 0 Å². The molecule has 0 bridgehead atoms. The number of likely N-dealkylation sites (N-methyl/N-ethyl adjacent to an activating group) is 1. The van der Waals surface area contributed by atoms with Crippen molar-refractivity contribution in [2.24, 2.45) is 0 Å². The van der Waals surface area contributed by atoms with E-state index >= 15 is 0 Å². The average molecular weight is 304 g/mol. The minimum atomic E-state index is -0.355. The third-order valence-electron chi connectivity index (χ3n) is 5.41. The fourth-order valence-electron chi connectivity index (χ4n) is 3.77. The fourth-order valence-corrected chi connectivity index (χ4v) is 3.77. The number of hydrogen-bond acceptors (Lipinski definition) is 4. The number of aliphatic hydroxyl groups is 1. The van der Waals surface area contributed by atoms with Crippen LogP contribution >= 0.6 is 0 Å². The van der Waals surface area contributed by atoms with E-state index in [4.69, 9.17) is 4.74 Å². The van der Waals surface area contributed by atoms with Gasteiger partial charge in [0.25, 0.3) is 0 Å². The number of nitrogens with zero attached hydrogens (tertiary/aromatic N) is 2. The summed E-state index contributed by atoms with van der Waals surface area (Å²) < 4.78 is 5.55. The molecule has 1 N–H and O–H groups in total. The Balaban J connectivity index is 1.54. The average Bonchev–Trinajstić information content (AvgIpc) is 2.57. The van der Waals surface area contributed by atoms with Crippen molar-refractivity contribution < 1.29 is 9.84 Å². The van der Waals surface area contributed by atoms with E-state index in [1.54, 1.807) is 0 Å². The first kappa shape index (κ1) is 15.9.